The number of Topliss-reactive ketones (excluding diaryl/α,β-unsaturated/α-hetero) is 2. The second-order valence-corrected chi connectivity index (χ2v) is 11.0. The number of anilines is 3. The molecule has 0 saturated carbocycles. The van der Waals surface area contributed by atoms with Gasteiger partial charge < -0.3 is 16.0 Å². The summed E-state index contributed by atoms with van der Waals surface area (Å²) in [4.78, 5) is 57.8. The normalized spacial score (nSPS) is 10.2. The number of hydrogen-bond acceptors (Lipinski definition) is 5. The molecule has 5 aromatic rings. The number of para-hydroxylation sites is 3. The molecule has 0 bridgehead atoms. The van der Waals surface area contributed by atoms with E-state index in [1.165, 1.54) is 6.92 Å². The third-order valence-corrected chi connectivity index (χ3v) is 6.73. The van der Waals surface area contributed by atoms with E-state index in [1.54, 1.807) is 54.6 Å². The molecule has 11 heteroatoms. The summed E-state index contributed by atoms with van der Waals surface area (Å²) in [6, 6.07) is 38.1. The van der Waals surface area contributed by atoms with Crippen LogP contribution in [0.4, 0.5) is 30.2 Å². The minimum atomic E-state index is -4.45. The van der Waals surface area contributed by atoms with Crippen molar-refractivity contribution in [3.63, 3.8) is 0 Å². The zero-order chi connectivity index (χ0) is 37.2. The fraction of sp³-hybridized carbons (Fsp3) is 0.125. The van der Waals surface area contributed by atoms with Gasteiger partial charge in [-0.3, -0.25) is 24.0 Å². The Kier molecular flexibility index (Phi) is 15.0. The smallest absolute Gasteiger partial charge is 0.326 e. The number of hydrogen-bond donors (Lipinski definition) is 3. The molecule has 0 aliphatic carbocycles. The lowest BCUT2D eigenvalue weighted by Crippen LogP contribution is -2.16. The predicted octanol–water partition coefficient (Wildman–Crippen LogP) is 8.77. The van der Waals surface area contributed by atoms with Crippen LogP contribution >= 0.6 is 0 Å². The molecule has 0 saturated heterocycles. The second kappa shape index (κ2) is 19.6. The molecule has 0 heterocycles. The molecule has 0 atom stereocenters. The van der Waals surface area contributed by atoms with E-state index in [9.17, 15) is 37.1 Å². The Morgan fingerprint density at radius 2 is 0.922 bits per heavy atom. The molecule has 0 radical (unpaired) electrons. The molecule has 51 heavy (non-hydrogen) atoms. The number of halogens is 3. The summed E-state index contributed by atoms with van der Waals surface area (Å²) in [5.41, 5.74) is 2.90. The first-order valence-electron chi connectivity index (χ1n) is 15.6. The third kappa shape index (κ3) is 14.7. The quantitative estimate of drug-likeness (QED) is 0.105. The average Bonchev–Trinajstić information content (AvgIpc) is 3.09. The summed E-state index contributed by atoms with van der Waals surface area (Å²) < 4.78 is 37.3. The summed E-state index contributed by atoms with van der Waals surface area (Å²) in [5, 5.41) is 7.90. The minimum absolute atomic E-state index is 0.0359. The Labute approximate surface area is 293 Å². The molecule has 0 aliphatic rings. The van der Waals surface area contributed by atoms with Crippen LogP contribution in [0.25, 0.3) is 0 Å². The van der Waals surface area contributed by atoms with Crippen molar-refractivity contribution >= 4 is 46.4 Å². The van der Waals surface area contributed by atoms with E-state index < -0.39 is 29.9 Å². The number of amides is 3. The van der Waals surface area contributed by atoms with Gasteiger partial charge in [-0.1, -0.05) is 90.5 Å². The van der Waals surface area contributed by atoms with Crippen LogP contribution in [0, 0.1) is 6.92 Å². The third-order valence-electron chi connectivity index (χ3n) is 6.73. The fourth-order valence-electron chi connectivity index (χ4n) is 4.34. The molecule has 5 rings (SSSR count). The number of aryl methyl sites for hydroxylation is 1. The number of rotatable bonds is 9. The number of carbonyl (C=O) groups excluding carboxylic acids is 5. The minimum Gasteiger partial charge on any atom is -0.326 e. The van der Waals surface area contributed by atoms with Gasteiger partial charge >= 0.3 is 6.18 Å². The van der Waals surface area contributed by atoms with Crippen molar-refractivity contribution in [3.8, 4) is 0 Å². The van der Waals surface area contributed by atoms with Gasteiger partial charge in [-0.25, -0.2) is 0 Å². The van der Waals surface area contributed by atoms with Crippen LogP contribution in [0.1, 0.15) is 51.6 Å². The van der Waals surface area contributed by atoms with Gasteiger partial charge in [0.2, 0.25) is 17.7 Å². The maximum atomic E-state index is 12.4. The van der Waals surface area contributed by atoms with Crippen LogP contribution in [0.2, 0.25) is 0 Å². The maximum absolute atomic E-state index is 12.4. The van der Waals surface area contributed by atoms with E-state index in [-0.39, 0.29) is 29.6 Å². The number of nitrogens with one attached hydrogen (secondary N) is 3. The molecule has 0 aromatic heterocycles. The van der Waals surface area contributed by atoms with E-state index in [4.69, 9.17) is 0 Å². The van der Waals surface area contributed by atoms with E-state index in [0.29, 0.717) is 16.9 Å². The van der Waals surface area contributed by atoms with Crippen molar-refractivity contribution in [3.05, 3.63) is 162 Å². The predicted molar refractivity (Wildman–Crippen MR) is 191 cm³/mol. The molecular weight excluding hydrogens is 659 g/mol. The largest absolute Gasteiger partial charge is 0.416 e. The molecule has 0 spiro atoms. The molecule has 0 aliphatic heterocycles. The molecular formula is C40H36F3N3O5. The Hall–Kier alpha value is -6.36. The van der Waals surface area contributed by atoms with Crippen molar-refractivity contribution in [2.75, 3.05) is 16.0 Å². The van der Waals surface area contributed by atoms with Gasteiger partial charge in [0.05, 0.1) is 18.4 Å². The first-order chi connectivity index (χ1) is 24.3. The highest BCUT2D eigenvalue weighted by molar-refractivity contribution is 6.11. The lowest BCUT2D eigenvalue weighted by atomic mass is 10.1. The van der Waals surface area contributed by atoms with E-state index in [1.807, 2.05) is 67.6 Å². The van der Waals surface area contributed by atoms with E-state index >= 15 is 0 Å². The van der Waals surface area contributed by atoms with Gasteiger partial charge in [0.25, 0.3) is 0 Å². The van der Waals surface area contributed by atoms with Gasteiger partial charge in [0.1, 0.15) is 0 Å². The first-order valence-corrected chi connectivity index (χ1v) is 15.6. The number of alkyl halides is 3. The Morgan fingerprint density at radius 1 is 0.510 bits per heavy atom. The number of ketones is 2. The SMILES string of the molecule is CC(=O)Nc1ccccc1.Cc1cccc(C(=O)CC(=O)Nc2ccccc2)c1.O=C(CC(=O)c1ccc(C(F)(F)F)cc1)Nc1ccccc1. The van der Waals surface area contributed by atoms with Crippen molar-refractivity contribution in [1.29, 1.82) is 0 Å². The lowest BCUT2D eigenvalue weighted by Gasteiger charge is -2.07. The van der Waals surface area contributed by atoms with Gasteiger partial charge in [-0.15, -0.1) is 0 Å². The van der Waals surface area contributed by atoms with Crippen LogP contribution in [0.15, 0.2) is 140 Å². The summed E-state index contributed by atoms with van der Waals surface area (Å²) in [7, 11) is 0. The highest BCUT2D eigenvalue weighted by Crippen LogP contribution is 2.29. The van der Waals surface area contributed by atoms with Crippen molar-refractivity contribution < 1.29 is 37.1 Å². The Bertz CT molecular complexity index is 1900. The van der Waals surface area contributed by atoms with Gasteiger partial charge in [-0.2, -0.15) is 13.2 Å². The summed E-state index contributed by atoms with van der Waals surface area (Å²) >= 11 is 0. The molecule has 262 valence electrons. The molecule has 3 amide bonds. The molecule has 3 N–H and O–H groups in total. The molecule has 0 unspecified atom stereocenters. The zero-order valence-corrected chi connectivity index (χ0v) is 27.9. The van der Waals surface area contributed by atoms with E-state index in [0.717, 1.165) is 35.5 Å². The molecule has 5 aromatic carbocycles. The number of carbonyl (C=O) groups is 5. The summed E-state index contributed by atoms with van der Waals surface area (Å²) in [6.45, 7) is 3.41. The van der Waals surface area contributed by atoms with Gasteiger partial charge in [0, 0.05) is 35.1 Å². The Balaban J connectivity index is 0.000000220. The average molecular weight is 696 g/mol. The monoisotopic (exact) mass is 695 g/mol. The lowest BCUT2D eigenvalue weighted by molar-refractivity contribution is -0.137. The Morgan fingerprint density at radius 3 is 1.31 bits per heavy atom. The van der Waals surface area contributed by atoms with Crippen LogP contribution in [-0.2, 0) is 20.6 Å². The summed E-state index contributed by atoms with van der Waals surface area (Å²) in [6.07, 6.45) is -5.02. The molecule has 8 nitrogen and oxygen atoms in total. The van der Waals surface area contributed by atoms with Crippen LogP contribution in [-0.4, -0.2) is 29.3 Å². The fourth-order valence-corrected chi connectivity index (χ4v) is 4.34. The number of benzene rings is 5. The second-order valence-electron chi connectivity index (χ2n) is 11.0. The first kappa shape index (κ1) is 39.1. The highest BCUT2D eigenvalue weighted by atomic mass is 19.4. The zero-order valence-electron chi connectivity index (χ0n) is 27.9. The molecule has 0 fully saturated rings. The van der Waals surface area contributed by atoms with Crippen LogP contribution in [0.5, 0.6) is 0 Å². The topological polar surface area (TPSA) is 121 Å². The van der Waals surface area contributed by atoms with Crippen LogP contribution in [0.3, 0.4) is 0 Å². The van der Waals surface area contributed by atoms with Gasteiger partial charge in [0.15, 0.2) is 11.6 Å². The highest BCUT2D eigenvalue weighted by Gasteiger charge is 2.30. The van der Waals surface area contributed by atoms with Crippen molar-refractivity contribution in [2.45, 2.75) is 32.9 Å². The van der Waals surface area contributed by atoms with Crippen LogP contribution < -0.4 is 16.0 Å². The summed E-state index contributed by atoms with van der Waals surface area (Å²) in [5.74, 6) is -1.56. The van der Waals surface area contributed by atoms with Gasteiger partial charge in [-0.05, 0) is 61.5 Å². The maximum Gasteiger partial charge on any atom is 0.416 e. The van der Waals surface area contributed by atoms with Crippen molar-refractivity contribution in [2.24, 2.45) is 0 Å². The van der Waals surface area contributed by atoms with E-state index in [2.05, 4.69) is 16.0 Å². The van der Waals surface area contributed by atoms with Crippen molar-refractivity contribution in [1.82, 2.24) is 0 Å². The standard InChI is InChI=1S/C16H12F3NO2.C16H15NO2.C8H9NO/c17-16(18,19)12-8-6-11(7-9-12)14(21)10-15(22)20-13-4-2-1-3-5-13;1-12-6-5-7-13(10-12)15(18)11-16(19)17-14-8-3-2-4-9-14;1-7(10)9-8-5-3-2-4-6-8/h1-9H,10H2,(H,20,22);2-10H,11H2,1H3,(H,17,19);2-6H,1H3,(H,9,10).